The summed E-state index contributed by atoms with van der Waals surface area (Å²) < 4.78 is 0. The molecule has 14 heavy (non-hydrogen) atoms. The van der Waals surface area contributed by atoms with Crippen LogP contribution in [0.25, 0.3) is 16.3 Å². The van der Waals surface area contributed by atoms with Crippen LogP contribution in [0.5, 0.6) is 0 Å². The van der Waals surface area contributed by atoms with Gasteiger partial charge in [0.25, 0.3) is 0 Å². The van der Waals surface area contributed by atoms with Crippen molar-refractivity contribution in [2.45, 2.75) is 6.92 Å². The number of benzene rings is 1. The van der Waals surface area contributed by atoms with Gasteiger partial charge in [-0.2, -0.15) is 0 Å². The van der Waals surface area contributed by atoms with E-state index < -0.39 is 0 Å². The van der Waals surface area contributed by atoms with Crippen LogP contribution in [-0.2, 0) is 0 Å². The first-order chi connectivity index (χ1) is 6.70. The number of nitrogens with zero attached hydrogens (tertiary/aromatic N) is 1. The third kappa shape index (κ3) is 1.40. The fourth-order valence-electron chi connectivity index (χ4n) is 1.50. The fraction of sp³-hybridized carbons (Fsp3) is 0.0833. The molecule has 0 radical (unpaired) electrons. The molecule has 0 saturated carbocycles. The van der Waals surface area contributed by atoms with E-state index in [1.165, 1.54) is 0 Å². The van der Waals surface area contributed by atoms with Gasteiger partial charge in [0, 0.05) is 17.1 Å². The molecular formula is C12H10ClN. The van der Waals surface area contributed by atoms with Crippen molar-refractivity contribution in [3.05, 3.63) is 47.8 Å². The predicted molar refractivity (Wildman–Crippen MR) is 61.5 cm³/mol. The van der Waals surface area contributed by atoms with Crippen molar-refractivity contribution in [3.8, 4) is 0 Å². The molecule has 0 amide bonds. The van der Waals surface area contributed by atoms with Gasteiger partial charge in [0.05, 0.1) is 0 Å². The smallest absolute Gasteiger partial charge is 0.136 e. The first kappa shape index (κ1) is 9.22. The van der Waals surface area contributed by atoms with Crippen molar-refractivity contribution in [1.29, 1.82) is 0 Å². The van der Waals surface area contributed by atoms with Gasteiger partial charge in [0.2, 0.25) is 0 Å². The Labute approximate surface area is 88.0 Å². The van der Waals surface area contributed by atoms with Gasteiger partial charge in [-0.05, 0) is 17.9 Å². The minimum atomic E-state index is 0.547. The number of fused-ring (bicyclic) bond motifs is 1. The highest BCUT2D eigenvalue weighted by atomic mass is 35.5. The lowest BCUT2D eigenvalue weighted by Gasteiger charge is -2.06. The van der Waals surface area contributed by atoms with Gasteiger partial charge in [-0.3, -0.25) is 0 Å². The number of pyridine rings is 1. The van der Waals surface area contributed by atoms with Crippen molar-refractivity contribution in [2.24, 2.45) is 0 Å². The molecule has 0 aliphatic rings. The average molecular weight is 204 g/mol. The molecule has 0 N–H and O–H groups in total. The molecule has 1 aromatic heterocycles. The number of hydrogen-bond donors (Lipinski definition) is 0. The minimum absolute atomic E-state index is 0.547. The van der Waals surface area contributed by atoms with Crippen LogP contribution in [0, 0.1) is 0 Å². The van der Waals surface area contributed by atoms with Crippen LogP contribution >= 0.6 is 11.6 Å². The van der Waals surface area contributed by atoms with E-state index in [0.29, 0.717) is 5.15 Å². The first-order valence-corrected chi connectivity index (χ1v) is 4.77. The molecule has 2 rings (SSSR count). The van der Waals surface area contributed by atoms with E-state index in [9.17, 15) is 0 Å². The van der Waals surface area contributed by atoms with E-state index >= 15 is 0 Å². The molecule has 1 heterocycles. The summed E-state index contributed by atoms with van der Waals surface area (Å²) in [5, 5.41) is 2.64. The number of aromatic nitrogens is 1. The fourth-order valence-corrected chi connectivity index (χ4v) is 1.71. The lowest BCUT2D eigenvalue weighted by atomic mass is 10.0. The van der Waals surface area contributed by atoms with E-state index in [0.717, 1.165) is 21.9 Å². The number of rotatable bonds is 1. The Kier molecular flexibility index (Phi) is 2.26. The van der Waals surface area contributed by atoms with E-state index in [4.69, 9.17) is 11.6 Å². The van der Waals surface area contributed by atoms with Gasteiger partial charge in [-0.25, -0.2) is 4.98 Å². The first-order valence-electron chi connectivity index (χ1n) is 4.39. The van der Waals surface area contributed by atoms with Crippen LogP contribution < -0.4 is 0 Å². The second-order valence-electron chi connectivity index (χ2n) is 3.29. The van der Waals surface area contributed by atoms with Gasteiger partial charge in [0.15, 0.2) is 0 Å². The monoisotopic (exact) mass is 203 g/mol. The van der Waals surface area contributed by atoms with E-state index in [-0.39, 0.29) is 0 Å². The van der Waals surface area contributed by atoms with Crippen molar-refractivity contribution in [2.75, 3.05) is 0 Å². The molecule has 0 unspecified atom stereocenters. The summed E-state index contributed by atoms with van der Waals surface area (Å²) in [5.41, 5.74) is 2.07. The SMILES string of the molecule is C=C(C)c1cnc(Cl)c2ccccc12. The summed E-state index contributed by atoms with van der Waals surface area (Å²) in [7, 11) is 0. The van der Waals surface area contributed by atoms with Crippen LogP contribution in [-0.4, -0.2) is 4.98 Å². The van der Waals surface area contributed by atoms with Crippen LogP contribution in [0.2, 0.25) is 5.15 Å². The molecular weight excluding hydrogens is 194 g/mol. The molecule has 2 aromatic rings. The maximum Gasteiger partial charge on any atom is 0.136 e. The Morgan fingerprint density at radius 3 is 2.57 bits per heavy atom. The van der Waals surface area contributed by atoms with Gasteiger partial charge in [-0.15, -0.1) is 0 Å². The summed E-state index contributed by atoms with van der Waals surface area (Å²) in [5.74, 6) is 0. The van der Waals surface area contributed by atoms with Gasteiger partial charge >= 0.3 is 0 Å². The van der Waals surface area contributed by atoms with Crippen molar-refractivity contribution in [3.63, 3.8) is 0 Å². The van der Waals surface area contributed by atoms with Crippen LogP contribution in [0.1, 0.15) is 12.5 Å². The highest BCUT2D eigenvalue weighted by Crippen LogP contribution is 2.27. The zero-order chi connectivity index (χ0) is 10.1. The summed E-state index contributed by atoms with van der Waals surface area (Å²) in [6.45, 7) is 5.89. The molecule has 0 spiro atoms. The van der Waals surface area contributed by atoms with Crippen LogP contribution in [0.4, 0.5) is 0 Å². The second-order valence-corrected chi connectivity index (χ2v) is 3.65. The van der Waals surface area contributed by atoms with E-state index in [1.54, 1.807) is 6.20 Å². The maximum atomic E-state index is 5.99. The Morgan fingerprint density at radius 2 is 1.93 bits per heavy atom. The minimum Gasteiger partial charge on any atom is -0.243 e. The average Bonchev–Trinajstić information content (AvgIpc) is 2.18. The topological polar surface area (TPSA) is 12.9 Å². The zero-order valence-corrected chi connectivity index (χ0v) is 8.67. The molecule has 2 heteroatoms. The molecule has 0 saturated heterocycles. The maximum absolute atomic E-state index is 5.99. The van der Waals surface area contributed by atoms with Gasteiger partial charge in [0.1, 0.15) is 5.15 Å². The summed E-state index contributed by atoms with van der Waals surface area (Å²) >= 11 is 5.99. The lowest BCUT2D eigenvalue weighted by Crippen LogP contribution is -1.86. The molecule has 0 atom stereocenters. The van der Waals surface area contributed by atoms with Crippen molar-refractivity contribution in [1.82, 2.24) is 4.98 Å². The molecule has 0 aliphatic heterocycles. The Balaban J connectivity index is 2.88. The molecule has 0 bridgehead atoms. The van der Waals surface area contributed by atoms with Gasteiger partial charge in [-0.1, -0.05) is 42.4 Å². The number of halogens is 1. The lowest BCUT2D eigenvalue weighted by molar-refractivity contribution is 1.34. The van der Waals surface area contributed by atoms with Crippen LogP contribution in [0.15, 0.2) is 37.0 Å². The van der Waals surface area contributed by atoms with Crippen molar-refractivity contribution < 1.29 is 0 Å². The highest BCUT2D eigenvalue weighted by molar-refractivity contribution is 6.34. The summed E-state index contributed by atoms with van der Waals surface area (Å²) in [6.07, 6.45) is 1.77. The summed E-state index contributed by atoms with van der Waals surface area (Å²) in [6, 6.07) is 7.95. The van der Waals surface area contributed by atoms with E-state index in [2.05, 4.69) is 11.6 Å². The summed E-state index contributed by atoms with van der Waals surface area (Å²) in [4.78, 5) is 4.13. The van der Waals surface area contributed by atoms with Crippen molar-refractivity contribution >= 4 is 27.9 Å². The van der Waals surface area contributed by atoms with Gasteiger partial charge < -0.3 is 0 Å². The Morgan fingerprint density at radius 1 is 1.29 bits per heavy atom. The third-order valence-corrected chi connectivity index (χ3v) is 2.51. The predicted octanol–water partition coefficient (Wildman–Crippen LogP) is 3.92. The third-order valence-electron chi connectivity index (χ3n) is 2.21. The zero-order valence-electron chi connectivity index (χ0n) is 7.92. The quantitative estimate of drug-likeness (QED) is 0.641. The van der Waals surface area contributed by atoms with Crippen LogP contribution in [0.3, 0.4) is 0 Å². The standard InChI is InChI=1S/C12H10ClN/c1-8(2)11-7-14-12(13)10-6-4-3-5-9(10)11/h3-7H,1H2,2H3. The largest absolute Gasteiger partial charge is 0.243 e. The Bertz CT molecular complexity index is 503. The molecule has 1 nitrogen and oxygen atoms in total. The number of hydrogen-bond acceptors (Lipinski definition) is 1. The molecule has 1 aromatic carbocycles. The van der Waals surface area contributed by atoms with E-state index in [1.807, 2.05) is 31.2 Å². The number of allylic oxidation sites excluding steroid dienone is 1. The normalized spacial score (nSPS) is 10.4. The second kappa shape index (κ2) is 3.43. The highest BCUT2D eigenvalue weighted by Gasteiger charge is 2.04. The molecule has 0 aliphatic carbocycles. The molecule has 70 valence electrons. The molecule has 0 fully saturated rings. The Hall–Kier alpha value is -1.34.